The van der Waals surface area contributed by atoms with Gasteiger partial charge in [0, 0.05) is 5.02 Å². The monoisotopic (exact) mass is 407 g/mol. The van der Waals surface area contributed by atoms with E-state index in [-0.39, 0.29) is 11.9 Å². The van der Waals surface area contributed by atoms with Gasteiger partial charge in [0.25, 0.3) is 5.91 Å². The molecule has 2 atom stereocenters. The summed E-state index contributed by atoms with van der Waals surface area (Å²) in [6, 6.07) is 21.5. The molecule has 1 N–H and O–H groups in total. The van der Waals surface area contributed by atoms with Crippen LogP contribution in [0.3, 0.4) is 0 Å². The lowest BCUT2D eigenvalue weighted by atomic mass is 9.95. The molecule has 0 aromatic heterocycles. The van der Waals surface area contributed by atoms with Gasteiger partial charge >= 0.3 is 0 Å². The molecule has 0 heterocycles. The number of carbonyl (C=O) groups excluding carboxylic acids is 1. The Labute approximate surface area is 177 Å². The fraction of sp³-hybridized carbons (Fsp3) is 0.240. The zero-order valence-electron chi connectivity index (χ0n) is 17.2. The first-order valence-electron chi connectivity index (χ1n) is 9.71. The lowest BCUT2D eigenvalue weighted by Gasteiger charge is -2.24. The highest BCUT2D eigenvalue weighted by atomic mass is 35.5. The molecule has 0 spiro atoms. The average Bonchev–Trinajstić information content (AvgIpc) is 2.71. The van der Waals surface area contributed by atoms with Crippen LogP contribution in [0.2, 0.25) is 5.02 Å². The van der Waals surface area contributed by atoms with E-state index in [4.69, 9.17) is 16.3 Å². The third kappa shape index (κ3) is 4.99. The molecule has 0 radical (unpaired) electrons. The topological polar surface area (TPSA) is 38.3 Å². The fourth-order valence-electron chi connectivity index (χ4n) is 3.39. The van der Waals surface area contributed by atoms with Crippen LogP contribution in [0.5, 0.6) is 5.75 Å². The van der Waals surface area contributed by atoms with Crippen LogP contribution in [0.25, 0.3) is 0 Å². The predicted molar refractivity (Wildman–Crippen MR) is 119 cm³/mol. The first-order chi connectivity index (χ1) is 13.9. The van der Waals surface area contributed by atoms with E-state index in [1.54, 1.807) is 6.92 Å². The Morgan fingerprint density at radius 2 is 1.48 bits per heavy atom. The van der Waals surface area contributed by atoms with E-state index in [2.05, 4.69) is 18.3 Å². The van der Waals surface area contributed by atoms with Crippen LogP contribution in [0.15, 0.2) is 66.7 Å². The zero-order valence-corrected chi connectivity index (χ0v) is 18.0. The van der Waals surface area contributed by atoms with Crippen molar-refractivity contribution < 1.29 is 9.53 Å². The summed E-state index contributed by atoms with van der Waals surface area (Å²) in [5, 5.41) is 3.88. The number of amides is 1. The first-order valence-corrected chi connectivity index (χ1v) is 10.1. The number of carbonyl (C=O) groups is 1. The van der Waals surface area contributed by atoms with Gasteiger partial charge in [0.05, 0.1) is 6.04 Å². The van der Waals surface area contributed by atoms with Crippen LogP contribution < -0.4 is 10.1 Å². The van der Waals surface area contributed by atoms with Gasteiger partial charge in [-0.25, -0.2) is 0 Å². The Bertz CT molecular complexity index is 978. The maximum absolute atomic E-state index is 13.0. The van der Waals surface area contributed by atoms with Gasteiger partial charge in [-0.1, -0.05) is 66.2 Å². The summed E-state index contributed by atoms with van der Waals surface area (Å²) in [7, 11) is 0. The summed E-state index contributed by atoms with van der Waals surface area (Å²) in [5.41, 5.74) is 5.07. The molecule has 4 heteroatoms. The van der Waals surface area contributed by atoms with Crippen LogP contribution in [0.4, 0.5) is 0 Å². The maximum atomic E-state index is 13.0. The van der Waals surface area contributed by atoms with Gasteiger partial charge in [0.15, 0.2) is 6.10 Å². The second kappa shape index (κ2) is 9.15. The number of aryl methyl sites for hydroxylation is 3. The summed E-state index contributed by atoms with van der Waals surface area (Å²) in [6.07, 6.45) is -0.648. The number of hydrogen-bond acceptors (Lipinski definition) is 2. The van der Waals surface area contributed by atoms with Crippen molar-refractivity contribution >= 4 is 17.5 Å². The molecule has 0 aliphatic rings. The molecule has 150 valence electrons. The third-order valence-electron chi connectivity index (χ3n) is 5.01. The van der Waals surface area contributed by atoms with E-state index in [0.717, 1.165) is 32.8 Å². The number of ether oxygens (including phenoxy) is 1. The highest BCUT2D eigenvalue weighted by molar-refractivity contribution is 6.32. The molecule has 1 amide bonds. The molecule has 0 unspecified atom stereocenters. The summed E-state index contributed by atoms with van der Waals surface area (Å²) >= 11 is 6.23. The fourth-order valence-corrected chi connectivity index (χ4v) is 3.50. The Kier molecular flexibility index (Phi) is 6.60. The standard InChI is InChI=1S/C25H26ClNO2/c1-16-10-8-9-13-22(16)24(20-11-6-5-7-12-20)27-25(28)19(4)29-21-14-17(2)23(26)18(3)15-21/h5-15,19,24H,1-4H3,(H,27,28)/t19-,24+/m0/s1. The Hall–Kier alpha value is -2.78. The molecule has 0 aliphatic heterocycles. The van der Waals surface area contributed by atoms with E-state index in [1.807, 2.05) is 74.5 Å². The van der Waals surface area contributed by atoms with Crippen molar-refractivity contribution in [3.05, 3.63) is 99.6 Å². The van der Waals surface area contributed by atoms with Crippen molar-refractivity contribution in [2.24, 2.45) is 0 Å². The van der Waals surface area contributed by atoms with Gasteiger partial charge in [0.1, 0.15) is 5.75 Å². The second-order valence-corrected chi connectivity index (χ2v) is 7.72. The average molecular weight is 408 g/mol. The molecular weight excluding hydrogens is 382 g/mol. The van der Waals surface area contributed by atoms with E-state index < -0.39 is 6.10 Å². The number of hydrogen-bond donors (Lipinski definition) is 1. The van der Waals surface area contributed by atoms with Gasteiger partial charge in [-0.05, 0) is 67.6 Å². The molecule has 3 rings (SSSR count). The van der Waals surface area contributed by atoms with Crippen molar-refractivity contribution in [1.29, 1.82) is 0 Å². The van der Waals surface area contributed by atoms with Gasteiger partial charge < -0.3 is 10.1 Å². The van der Waals surface area contributed by atoms with Crippen LogP contribution in [-0.2, 0) is 4.79 Å². The lowest BCUT2D eigenvalue weighted by Crippen LogP contribution is -2.39. The normalized spacial score (nSPS) is 12.9. The number of rotatable bonds is 6. The van der Waals surface area contributed by atoms with Crippen LogP contribution in [-0.4, -0.2) is 12.0 Å². The van der Waals surface area contributed by atoms with E-state index in [1.165, 1.54) is 0 Å². The molecule has 0 aliphatic carbocycles. The summed E-state index contributed by atoms with van der Waals surface area (Å²) in [5.74, 6) is 0.464. The van der Waals surface area contributed by atoms with E-state index in [9.17, 15) is 4.79 Å². The number of benzene rings is 3. The molecule has 29 heavy (non-hydrogen) atoms. The van der Waals surface area contributed by atoms with E-state index in [0.29, 0.717) is 5.75 Å². The quantitative estimate of drug-likeness (QED) is 0.549. The summed E-state index contributed by atoms with van der Waals surface area (Å²) < 4.78 is 5.92. The minimum absolute atomic E-state index is 0.174. The van der Waals surface area contributed by atoms with Crippen molar-refractivity contribution in [2.75, 3.05) is 0 Å². The highest BCUT2D eigenvalue weighted by Crippen LogP contribution is 2.27. The van der Waals surface area contributed by atoms with E-state index >= 15 is 0 Å². The number of nitrogens with one attached hydrogen (secondary N) is 1. The van der Waals surface area contributed by atoms with Crippen molar-refractivity contribution in [1.82, 2.24) is 5.32 Å². The zero-order chi connectivity index (χ0) is 21.0. The minimum atomic E-state index is -0.648. The minimum Gasteiger partial charge on any atom is -0.481 e. The lowest BCUT2D eigenvalue weighted by molar-refractivity contribution is -0.127. The molecule has 0 fully saturated rings. The largest absolute Gasteiger partial charge is 0.481 e. The smallest absolute Gasteiger partial charge is 0.261 e. The van der Waals surface area contributed by atoms with Gasteiger partial charge in [-0.2, -0.15) is 0 Å². The van der Waals surface area contributed by atoms with Gasteiger partial charge in [0.2, 0.25) is 0 Å². The van der Waals surface area contributed by atoms with Crippen molar-refractivity contribution in [3.8, 4) is 5.75 Å². The molecule has 3 aromatic rings. The van der Waals surface area contributed by atoms with Gasteiger partial charge in [-0.3, -0.25) is 4.79 Å². The Morgan fingerprint density at radius 1 is 0.897 bits per heavy atom. The second-order valence-electron chi connectivity index (χ2n) is 7.34. The molecule has 3 aromatic carbocycles. The van der Waals surface area contributed by atoms with Crippen LogP contribution in [0.1, 0.15) is 40.8 Å². The Balaban J connectivity index is 1.82. The Morgan fingerprint density at radius 3 is 2.10 bits per heavy atom. The first kappa shape index (κ1) is 20.9. The molecule has 3 nitrogen and oxygen atoms in total. The molecular formula is C25H26ClNO2. The SMILES string of the molecule is Cc1ccccc1[C@H](NC(=O)[C@H](C)Oc1cc(C)c(Cl)c(C)c1)c1ccccc1. The predicted octanol–water partition coefficient (Wildman–Crippen LogP) is 5.94. The summed E-state index contributed by atoms with van der Waals surface area (Å²) in [4.78, 5) is 13.0. The number of halogens is 1. The molecule has 0 bridgehead atoms. The van der Waals surface area contributed by atoms with Gasteiger partial charge in [-0.15, -0.1) is 0 Å². The highest BCUT2D eigenvalue weighted by Gasteiger charge is 2.23. The van der Waals surface area contributed by atoms with Crippen molar-refractivity contribution in [3.63, 3.8) is 0 Å². The maximum Gasteiger partial charge on any atom is 0.261 e. The van der Waals surface area contributed by atoms with Crippen LogP contribution >= 0.6 is 11.6 Å². The summed E-state index contributed by atoms with van der Waals surface area (Å²) in [6.45, 7) is 7.66. The molecule has 0 saturated carbocycles. The molecule has 0 saturated heterocycles. The third-order valence-corrected chi connectivity index (χ3v) is 5.61. The van der Waals surface area contributed by atoms with Crippen LogP contribution in [0, 0.1) is 20.8 Å². The van der Waals surface area contributed by atoms with Crippen molar-refractivity contribution in [2.45, 2.75) is 39.8 Å².